The maximum absolute atomic E-state index is 11.7. The van der Waals surface area contributed by atoms with Crippen LogP contribution < -0.4 is 30.0 Å². The summed E-state index contributed by atoms with van der Waals surface area (Å²) in [6, 6.07) is 7.12. The third kappa shape index (κ3) is 6.94. The predicted octanol–water partition coefficient (Wildman–Crippen LogP) is -0.453. The summed E-state index contributed by atoms with van der Waals surface area (Å²) in [5, 5.41) is 0.551. The highest BCUT2D eigenvalue weighted by Gasteiger charge is 2.21. The molecule has 2 aromatic heterocycles. The summed E-state index contributed by atoms with van der Waals surface area (Å²) in [7, 11) is -15.7. The van der Waals surface area contributed by atoms with Crippen LogP contribution >= 0.6 is 23.2 Å². The fourth-order valence-electron chi connectivity index (χ4n) is 2.96. The lowest BCUT2D eigenvalue weighted by molar-refractivity contribution is -0.339. The van der Waals surface area contributed by atoms with Gasteiger partial charge >= 0.3 is 0 Å². The van der Waals surface area contributed by atoms with Crippen molar-refractivity contribution in [3.8, 4) is 16.9 Å². The molecule has 186 valence electrons. The van der Waals surface area contributed by atoms with Gasteiger partial charge in [0.2, 0.25) is 0 Å². The largest absolute Gasteiger partial charge is 0.790 e. The second-order valence-corrected chi connectivity index (χ2v) is 11.2. The van der Waals surface area contributed by atoms with Gasteiger partial charge in [-0.15, -0.1) is 0 Å². The van der Waals surface area contributed by atoms with Gasteiger partial charge in [0.1, 0.15) is 29.9 Å². The molecule has 2 heterocycles. The number of hydrogen-bond donors (Lipinski definition) is 1. The van der Waals surface area contributed by atoms with Crippen molar-refractivity contribution in [3.63, 3.8) is 0 Å². The van der Waals surface area contributed by atoms with E-state index in [9.17, 15) is 33.3 Å². The summed E-state index contributed by atoms with van der Waals surface area (Å²) in [6.45, 7) is -0.193. The zero-order chi connectivity index (χ0) is 25.1. The first-order valence-electron chi connectivity index (χ1n) is 9.17. The Kier molecular flexibility index (Phi) is 7.96. The third-order valence-corrected chi connectivity index (χ3v) is 8.13. The van der Waals surface area contributed by atoms with Crippen molar-refractivity contribution in [2.24, 2.45) is 0 Å². The number of nitrogens with two attached hydrogens (primary N) is 1. The number of anilines is 1. The zero-order valence-electron chi connectivity index (χ0n) is 17.3. The van der Waals surface area contributed by atoms with Gasteiger partial charge in [0.25, 0.3) is 7.82 Å². The summed E-state index contributed by atoms with van der Waals surface area (Å²) in [4.78, 5) is 51.9. The van der Waals surface area contributed by atoms with E-state index in [1.54, 1.807) is 35.0 Å². The van der Waals surface area contributed by atoms with E-state index in [0.717, 1.165) is 5.56 Å². The van der Waals surface area contributed by atoms with E-state index in [4.69, 9.17) is 15.2 Å². The number of phosphoric acid groups is 2. The monoisotopic (exact) mass is 534 g/mol. The lowest BCUT2D eigenvalue weighted by Gasteiger charge is -2.37. The van der Waals surface area contributed by atoms with Gasteiger partial charge in [-0.2, -0.15) is 0 Å². The molecule has 3 aromatic rings. The Morgan fingerprint density at radius 3 is 2.32 bits per heavy atom. The molecule has 1 aromatic carbocycles. The minimum absolute atomic E-state index is 0.0605. The highest BCUT2D eigenvalue weighted by molar-refractivity contribution is 7.66. The molecule has 34 heavy (non-hydrogen) atoms. The molecule has 0 aliphatic heterocycles. The molecule has 0 radical (unpaired) electrons. The van der Waals surface area contributed by atoms with Crippen LogP contribution in [0, 0.1) is 0 Å². The van der Waals surface area contributed by atoms with E-state index < -0.39 is 29.6 Å². The Hall–Kier alpha value is -2.15. The molecule has 0 saturated carbocycles. The van der Waals surface area contributed by atoms with Crippen LogP contribution in [-0.4, -0.2) is 34.6 Å². The van der Waals surface area contributed by atoms with Crippen LogP contribution in [-0.2, 0) is 33.6 Å². The van der Waals surface area contributed by atoms with Gasteiger partial charge in [-0.05, 0) is 17.7 Å². The Labute approximate surface area is 192 Å². The quantitative estimate of drug-likeness (QED) is 0.242. The molecule has 0 saturated heterocycles. The number of ether oxygens (including phenoxy) is 2. The molecule has 15 nitrogen and oxygen atoms in total. The van der Waals surface area contributed by atoms with Crippen LogP contribution in [0.1, 0.15) is 0 Å². The van der Waals surface area contributed by atoms with Crippen LogP contribution in [0.25, 0.3) is 22.2 Å². The lowest BCUT2D eigenvalue weighted by Crippen LogP contribution is -2.21. The molecule has 0 bridgehead atoms. The van der Waals surface area contributed by atoms with E-state index >= 15 is 0 Å². The average molecular weight is 534 g/mol. The summed E-state index contributed by atoms with van der Waals surface area (Å²) in [5.74, 6) is 0.865. The molecule has 3 rings (SSSR count). The Morgan fingerprint density at radius 1 is 1.03 bits per heavy atom. The molecular formula is C16H17N4O11P3-4. The Balaban J connectivity index is 1.71. The number of fused-ring (bicyclic) bond motifs is 1. The van der Waals surface area contributed by atoms with Gasteiger partial charge in [-0.1, -0.05) is 12.1 Å². The summed E-state index contributed by atoms with van der Waals surface area (Å²) < 4.78 is 51.8. The fraction of sp³-hybridized carbons (Fsp3) is 0.250. The average Bonchev–Trinajstić information content (AvgIpc) is 3.08. The zero-order valence-corrected chi connectivity index (χ0v) is 20.0. The van der Waals surface area contributed by atoms with E-state index in [2.05, 4.69) is 18.6 Å². The van der Waals surface area contributed by atoms with Crippen molar-refractivity contribution >= 4 is 40.1 Å². The van der Waals surface area contributed by atoms with Crippen LogP contribution in [0.2, 0.25) is 0 Å². The van der Waals surface area contributed by atoms with Crippen LogP contribution in [0.15, 0.2) is 36.8 Å². The van der Waals surface area contributed by atoms with E-state index in [0.29, 0.717) is 22.3 Å². The van der Waals surface area contributed by atoms with Crippen molar-refractivity contribution in [1.82, 2.24) is 14.5 Å². The van der Waals surface area contributed by atoms with Gasteiger partial charge < -0.3 is 48.5 Å². The third-order valence-electron chi connectivity index (χ3n) is 4.23. The Morgan fingerprint density at radius 2 is 1.71 bits per heavy atom. The van der Waals surface area contributed by atoms with Crippen molar-refractivity contribution in [2.45, 2.75) is 6.54 Å². The molecule has 2 N–H and O–H groups in total. The SMILES string of the molecule is COc1ccc(-c2cn(CCOCP(=O)([O-])OP(=O)([O-])OP(=O)([O-])[O-])c3ncnc(N)c23)cc1. The molecule has 0 amide bonds. The first kappa shape index (κ1) is 26.5. The number of nitrogens with zero attached hydrogens (tertiary/aromatic N) is 3. The predicted molar refractivity (Wildman–Crippen MR) is 110 cm³/mol. The number of benzene rings is 1. The molecule has 18 heteroatoms. The first-order chi connectivity index (χ1) is 15.8. The molecule has 0 fully saturated rings. The van der Waals surface area contributed by atoms with E-state index in [1.165, 1.54) is 13.4 Å². The highest BCUT2D eigenvalue weighted by Crippen LogP contribution is 2.59. The van der Waals surface area contributed by atoms with Crippen molar-refractivity contribution in [2.75, 3.05) is 25.8 Å². The van der Waals surface area contributed by atoms with Crippen LogP contribution in [0.5, 0.6) is 5.75 Å². The van der Waals surface area contributed by atoms with Crippen LogP contribution in [0.4, 0.5) is 5.82 Å². The first-order valence-corrected chi connectivity index (χ1v) is 13.8. The fourth-order valence-corrected chi connectivity index (χ4v) is 6.09. The number of nitrogen functional groups attached to an aromatic ring is 1. The minimum atomic E-state index is -6.03. The second-order valence-electron chi connectivity index (χ2n) is 6.63. The van der Waals surface area contributed by atoms with Gasteiger partial charge in [0, 0.05) is 18.3 Å². The lowest BCUT2D eigenvalue weighted by atomic mass is 10.1. The molecule has 0 aliphatic rings. The molecule has 2 atom stereocenters. The van der Waals surface area contributed by atoms with E-state index in [1.807, 2.05) is 0 Å². The van der Waals surface area contributed by atoms with Gasteiger partial charge in [-0.3, -0.25) is 13.2 Å². The topological polar surface area (TPSA) is 237 Å². The second kappa shape index (κ2) is 10.2. The highest BCUT2D eigenvalue weighted by atomic mass is 31.3. The number of hydrogen-bond acceptors (Lipinski definition) is 14. The number of rotatable bonds is 11. The summed E-state index contributed by atoms with van der Waals surface area (Å²) in [6.07, 6.45) is 1.71. The normalized spacial score (nSPS) is 15.7. The molecule has 0 aliphatic carbocycles. The molecule has 2 unspecified atom stereocenters. The smallest absolute Gasteiger partial charge is 0.276 e. The van der Waals surface area contributed by atoms with Crippen molar-refractivity contribution < 1.29 is 51.4 Å². The van der Waals surface area contributed by atoms with Gasteiger partial charge in [0.15, 0.2) is 7.60 Å². The van der Waals surface area contributed by atoms with Gasteiger partial charge in [-0.25, -0.2) is 9.97 Å². The maximum Gasteiger partial charge on any atom is 0.276 e. The van der Waals surface area contributed by atoms with Gasteiger partial charge in [0.05, 0.1) is 26.9 Å². The summed E-state index contributed by atoms with van der Waals surface area (Å²) in [5.41, 5.74) is 7.94. The summed E-state index contributed by atoms with van der Waals surface area (Å²) >= 11 is 0. The number of aromatic nitrogens is 3. The van der Waals surface area contributed by atoms with E-state index in [-0.39, 0.29) is 19.0 Å². The molecule has 0 spiro atoms. The minimum Gasteiger partial charge on any atom is -0.790 e. The van der Waals surface area contributed by atoms with Crippen molar-refractivity contribution in [1.29, 1.82) is 0 Å². The Bertz CT molecular complexity index is 1310. The number of methoxy groups -OCH3 is 1. The van der Waals surface area contributed by atoms with Crippen molar-refractivity contribution in [3.05, 3.63) is 36.8 Å². The van der Waals surface area contributed by atoms with Crippen LogP contribution in [0.3, 0.4) is 0 Å². The standard InChI is InChI=1S/C16H21N4O11P3/c1-28-12-4-2-11(3-5-12)13-8-20(16-14(13)15(17)18-9-19-16)6-7-29-10-32(21,22)30-34(26,27)31-33(23,24)25/h2-5,8-9H,6-7,10H2,1H3,(H,21,22)(H,26,27)(H2,17,18,19)(H2,23,24,25)/p-4. The molecular weight excluding hydrogens is 517 g/mol. The maximum atomic E-state index is 11.7.